The molecule has 1 N–H and O–H groups in total. The lowest BCUT2D eigenvalue weighted by atomic mass is 10.1. The maximum atomic E-state index is 12.7. The van der Waals surface area contributed by atoms with Crippen LogP contribution in [0.2, 0.25) is 0 Å². The van der Waals surface area contributed by atoms with E-state index in [-0.39, 0.29) is 12.2 Å². The summed E-state index contributed by atoms with van der Waals surface area (Å²) in [7, 11) is 1.55. The second kappa shape index (κ2) is 7.85. The van der Waals surface area contributed by atoms with Crippen molar-refractivity contribution in [3.8, 4) is 0 Å². The molecule has 1 aromatic heterocycles. The van der Waals surface area contributed by atoms with Crippen molar-refractivity contribution in [2.45, 2.75) is 26.1 Å². The van der Waals surface area contributed by atoms with Gasteiger partial charge in [-0.1, -0.05) is 30.3 Å². The summed E-state index contributed by atoms with van der Waals surface area (Å²) in [6.45, 7) is 2.03. The van der Waals surface area contributed by atoms with Gasteiger partial charge in [0.25, 0.3) is 5.91 Å². The molecule has 0 bridgehead atoms. The Kier molecular flexibility index (Phi) is 5.84. The summed E-state index contributed by atoms with van der Waals surface area (Å²) in [6.07, 6.45) is 0. The molecule has 0 radical (unpaired) electrons. The van der Waals surface area contributed by atoms with Crippen LogP contribution in [0.5, 0.6) is 0 Å². The minimum atomic E-state index is -1.05. The summed E-state index contributed by atoms with van der Waals surface area (Å²) in [6, 6.07) is 8.33. The van der Waals surface area contributed by atoms with Gasteiger partial charge in [0.15, 0.2) is 0 Å². The number of rotatable bonds is 7. The van der Waals surface area contributed by atoms with Gasteiger partial charge in [-0.15, -0.1) is 11.3 Å². The standard InChI is InChI=1S/C16H18N2O4S/c1-11(16(20)21)18(8-12-6-4-3-5-7-12)15(19)13-10-23-14(17-13)9-22-2/h3-7,10-11H,8-9H2,1-2H3,(H,20,21). The number of carbonyl (C=O) groups excluding carboxylic acids is 1. The van der Waals surface area contributed by atoms with E-state index < -0.39 is 17.9 Å². The maximum absolute atomic E-state index is 12.7. The molecule has 1 amide bonds. The van der Waals surface area contributed by atoms with Crippen LogP contribution in [0.15, 0.2) is 35.7 Å². The molecule has 0 aliphatic rings. The number of ether oxygens (including phenoxy) is 1. The number of thiazole rings is 1. The fourth-order valence-corrected chi connectivity index (χ4v) is 2.78. The van der Waals surface area contributed by atoms with Crippen molar-refractivity contribution >= 4 is 23.2 Å². The predicted octanol–water partition coefficient (Wildman–Crippen LogP) is 2.41. The Balaban J connectivity index is 2.24. The van der Waals surface area contributed by atoms with E-state index in [4.69, 9.17) is 4.74 Å². The van der Waals surface area contributed by atoms with Crippen LogP contribution < -0.4 is 0 Å². The van der Waals surface area contributed by atoms with Crippen molar-refractivity contribution < 1.29 is 19.4 Å². The van der Waals surface area contributed by atoms with E-state index in [1.807, 2.05) is 30.3 Å². The Morgan fingerprint density at radius 3 is 2.65 bits per heavy atom. The number of hydrogen-bond acceptors (Lipinski definition) is 5. The topological polar surface area (TPSA) is 79.7 Å². The average Bonchev–Trinajstić information content (AvgIpc) is 3.01. The molecule has 1 unspecified atom stereocenters. The molecule has 0 fully saturated rings. The Bertz CT molecular complexity index is 672. The molecule has 0 aliphatic carbocycles. The predicted molar refractivity (Wildman–Crippen MR) is 86.2 cm³/mol. The van der Waals surface area contributed by atoms with E-state index in [0.717, 1.165) is 5.56 Å². The fourth-order valence-electron chi connectivity index (χ4n) is 2.04. The highest BCUT2D eigenvalue weighted by atomic mass is 32.1. The molecule has 0 saturated carbocycles. The summed E-state index contributed by atoms with van der Waals surface area (Å²) in [4.78, 5) is 29.5. The van der Waals surface area contributed by atoms with Crippen LogP contribution in [-0.4, -0.2) is 40.0 Å². The van der Waals surface area contributed by atoms with Gasteiger partial charge in [-0.25, -0.2) is 9.78 Å². The number of benzene rings is 1. The first-order valence-corrected chi connectivity index (χ1v) is 7.92. The number of carboxylic acid groups (broad SMARTS) is 1. The number of amides is 1. The number of carboxylic acids is 1. The van der Waals surface area contributed by atoms with Gasteiger partial charge in [0, 0.05) is 19.0 Å². The van der Waals surface area contributed by atoms with Crippen LogP contribution in [0, 0.1) is 0 Å². The molecule has 1 heterocycles. The molecule has 0 spiro atoms. The smallest absolute Gasteiger partial charge is 0.326 e. The van der Waals surface area contributed by atoms with E-state index >= 15 is 0 Å². The van der Waals surface area contributed by atoms with Crippen molar-refractivity contribution in [1.29, 1.82) is 0 Å². The first-order chi connectivity index (χ1) is 11.0. The lowest BCUT2D eigenvalue weighted by Crippen LogP contribution is -2.42. The van der Waals surface area contributed by atoms with Crippen LogP contribution in [0.3, 0.4) is 0 Å². The molecule has 0 saturated heterocycles. The van der Waals surface area contributed by atoms with E-state index in [1.54, 1.807) is 12.5 Å². The van der Waals surface area contributed by atoms with E-state index in [9.17, 15) is 14.7 Å². The minimum absolute atomic E-state index is 0.213. The normalized spacial score (nSPS) is 11.9. The number of carbonyl (C=O) groups is 2. The van der Waals surface area contributed by atoms with Gasteiger partial charge < -0.3 is 14.7 Å². The van der Waals surface area contributed by atoms with Crippen molar-refractivity contribution in [2.75, 3.05) is 7.11 Å². The molecule has 2 aromatic rings. The number of aromatic nitrogens is 1. The minimum Gasteiger partial charge on any atom is -0.480 e. The lowest BCUT2D eigenvalue weighted by Gasteiger charge is -2.26. The molecule has 122 valence electrons. The van der Waals surface area contributed by atoms with Gasteiger partial charge >= 0.3 is 5.97 Å². The second-order valence-electron chi connectivity index (χ2n) is 4.99. The van der Waals surface area contributed by atoms with E-state index in [0.29, 0.717) is 11.6 Å². The van der Waals surface area contributed by atoms with Crippen molar-refractivity contribution in [3.05, 3.63) is 52.0 Å². The highest BCUT2D eigenvalue weighted by molar-refractivity contribution is 7.09. The molecule has 1 aromatic carbocycles. The summed E-state index contributed by atoms with van der Waals surface area (Å²) in [5.74, 6) is -1.45. The van der Waals surface area contributed by atoms with Crippen LogP contribution >= 0.6 is 11.3 Å². The quantitative estimate of drug-likeness (QED) is 0.841. The summed E-state index contributed by atoms with van der Waals surface area (Å²) in [5.41, 5.74) is 1.10. The van der Waals surface area contributed by atoms with Crippen LogP contribution in [0.25, 0.3) is 0 Å². The first-order valence-electron chi connectivity index (χ1n) is 7.04. The molecular weight excluding hydrogens is 316 g/mol. The maximum Gasteiger partial charge on any atom is 0.326 e. The van der Waals surface area contributed by atoms with Crippen molar-refractivity contribution in [2.24, 2.45) is 0 Å². The monoisotopic (exact) mass is 334 g/mol. The molecule has 23 heavy (non-hydrogen) atoms. The highest BCUT2D eigenvalue weighted by Gasteiger charge is 2.28. The average molecular weight is 334 g/mol. The number of aliphatic carboxylic acids is 1. The second-order valence-corrected chi connectivity index (χ2v) is 5.94. The van der Waals surface area contributed by atoms with Crippen molar-refractivity contribution in [1.82, 2.24) is 9.88 Å². The Morgan fingerprint density at radius 2 is 2.04 bits per heavy atom. The first kappa shape index (κ1) is 17.1. The van der Waals surface area contributed by atoms with E-state index in [2.05, 4.69) is 4.98 Å². The zero-order valence-corrected chi connectivity index (χ0v) is 13.7. The molecule has 7 heteroatoms. The number of hydrogen-bond donors (Lipinski definition) is 1. The van der Waals surface area contributed by atoms with Crippen molar-refractivity contribution in [3.63, 3.8) is 0 Å². The van der Waals surface area contributed by atoms with Gasteiger partial charge in [-0.2, -0.15) is 0 Å². The van der Waals surface area contributed by atoms with Crippen LogP contribution in [-0.2, 0) is 22.7 Å². The molecule has 6 nitrogen and oxygen atoms in total. The third-order valence-corrected chi connectivity index (χ3v) is 4.14. The van der Waals surface area contributed by atoms with E-state index in [1.165, 1.54) is 23.2 Å². The fraction of sp³-hybridized carbons (Fsp3) is 0.312. The summed E-state index contributed by atoms with van der Waals surface area (Å²) in [5, 5.41) is 11.6. The number of methoxy groups -OCH3 is 1. The number of nitrogens with zero attached hydrogens (tertiary/aromatic N) is 2. The molecule has 0 aliphatic heterocycles. The van der Waals surface area contributed by atoms with Gasteiger partial charge in [0.1, 0.15) is 16.7 Å². The van der Waals surface area contributed by atoms with Crippen LogP contribution in [0.4, 0.5) is 0 Å². The zero-order valence-electron chi connectivity index (χ0n) is 12.9. The third kappa shape index (κ3) is 4.37. The zero-order chi connectivity index (χ0) is 16.8. The molecular formula is C16H18N2O4S. The highest BCUT2D eigenvalue weighted by Crippen LogP contribution is 2.17. The Hall–Kier alpha value is -2.25. The Morgan fingerprint density at radius 1 is 1.35 bits per heavy atom. The molecule has 1 atom stereocenters. The molecule has 2 rings (SSSR count). The summed E-state index contributed by atoms with van der Waals surface area (Å²) >= 11 is 1.32. The largest absolute Gasteiger partial charge is 0.480 e. The Labute approximate surface area is 138 Å². The van der Waals surface area contributed by atoms with Crippen LogP contribution in [0.1, 0.15) is 28.0 Å². The lowest BCUT2D eigenvalue weighted by molar-refractivity contribution is -0.141. The third-order valence-electron chi connectivity index (χ3n) is 3.32. The van der Waals surface area contributed by atoms with Gasteiger partial charge in [0.2, 0.25) is 0 Å². The van der Waals surface area contributed by atoms with Gasteiger partial charge in [-0.05, 0) is 12.5 Å². The summed E-state index contributed by atoms with van der Waals surface area (Å²) < 4.78 is 4.99. The SMILES string of the molecule is COCc1nc(C(=O)N(Cc2ccccc2)C(C)C(=O)O)cs1. The van der Waals surface area contributed by atoms with Gasteiger partial charge in [-0.3, -0.25) is 4.79 Å². The van der Waals surface area contributed by atoms with Gasteiger partial charge in [0.05, 0.1) is 6.61 Å².